The Bertz CT molecular complexity index is 1130. The summed E-state index contributed by atoms with van der Waals surface area (Å²) >= 11 is 5.07. The van der Waals surface area contributed by atoms with Gasteiger partial charge in [0.15, 0.2) is 0 Å². The molecule has 2 amide bonds. The lowest BCUT2D eigenvalue weighted by molar-refractivity contribution is -0.135. The zero-order valence-electron chi connectivity index (χ0n) is 18.0. The second kappa shape index (κ2) is 7.91. The van der Waals surface area contributed by atoms with E-state index in [1.165, 1.54) is 0 Å². The number of nitrogens with zero attached hydrogens (tertiary/aromatic N) is 3. The number of nitrogens with one attached hydrogen (secondary N) is 1. The molecule has 0 spiro atoms. The molecular formula is C23H25BrN4O2S. The Morgan fingerprint density at radius 2 is 2.03 bits per heavy atom. The number of hydrogen-bond donors (Lipinski definition) is 1. The maximum atomic E-state index is 13.7. The van der Waals surface area contributed by atoms with E-state index in [-0.39, 0.29) is 18.4 Å². The predicted octanol–water partition coefficient (Wildman–Crippen LogP) is 4.70. The van der Waals surface area contributed by atoms with Gasteiger partial charge in [-0.2, -0.15) is 5.10 Å². The number of carbonyl (C=O) groups excluding carboxylic acids is 2. The van der Waals surface area contributed by atoms with Crippen molar-refractivity contribution in [2.24, 2.45) is 0 Å². The van der Waals surface area contributed by atoms with Gasteiger partial charge in [-0.25, -0.2) is 0 Å². The quantitative estimate of drug-likeness (QED) is 0.564. The lowest BCUT2D eigenvalue weighted by Gasteiger charge is -2.44. The predicted molar refractivity (Wildman–Crippen MR) is 126 cm³/mol. The highest BCUT2D eigenvalue weighted by Gasteiger charge is 2.48. The van der Waals surface area contributed by atoms with Crippen LogP contribution in [0.5, 0.6) is 0 Å². The third-order valence-corrected chi connectivity index (χ3v) is 6.66. The van der Waals surface area contributed by atoms with Crippen molar-refractivity contribution in [2.75, 3.05) is 0 Å². The van der Waals surface area contributed by atoms with Crippen molar-refractivity contribution in [3.8, 4) is 10.6 Å². The van der Waals surface area contributed by atoms with Crippen molar-refractivity contribution >= 4 is 39.1 Å². The molecule has 6 nitrogen and oxygen atoms in total. The maximum absolute atomic E-state index is 13.7. The molecule has 4 rings (SSSR count). The van der Waals surface area contributed by atoms with E-state index in [1.54, 1.807) is 20.9 Å². The van der Waals surface area contributed by atoms with Crippen LogP contribution in [0, 0.1) is 0 Å². The van der Waals surface area contributed by atoms with Crippen LogP contribution in [0.4, 0.5) is 0 Å². The summed E-state index contributed by atoms with van der Waals surface area (Å²) in [7, 11) is 0. The van der Waals surface area contributed by atoms with E-state index in [0.29, 0.717) is 12.2 Å². The summed E-state index contributed by atoms with van der Waals surface area (Å²) in [4.78, 5) is 29.8. The van der Waals surface area contributed by atoms with Gasteiger partial charge < -0.3 is 10.2 Å². The Labute approximate surface area is 194 Å². The second-order valence-corrected chi connectivity index (χ2v) is 10.9. The van der Waals surface area contributed by atoms with E-state index in [2.05, 4.69) is 26.3 Å². The summed E-state index contributed by atoms with van der Waals surface area (Å²) < 4.78 is 2.61. The fraction of sp³-hybridized carbons (Fsp3) is 0.348. The zero-order valence-corrected chi connectivity index (χ0v) is 20.4. The lowest BCUT2D eigenvalue weighted by Crippen LogP contribution is -2.65. The van der Waals surface area contributed by atoms with Crippen LogP contribution in [-0.2, 0) is 17.9 Å². The minimum Gasteiger partial charge on any atom is -0.349 e. The molecule has 162 valence electrons. The molecule has 0 saturated heterocycles. The molecule has 3 heterocycles. The monoisotopic (exact) mass is 500 g/mol. The number of amides is 2. The Morgan fingerprint density at radius 1 is 1.26 bits per heavy atom. The third-order valence-electron chi connectivity index (χ3n) is 5.28. The molecule has 1 atom stereocenters. The number of benzene rings is 1. The van der Waals surface area contributed by atoms with Gasteiger partial charge in [0, 0.05) is 16.6 Å². The largest absolute Gasteiger partial charge is 0.349 e. The number of hydrogen-bond acceptors (Lipinski definition) is 4. The van der Waals surface area contributed by atoms with E-state index >= 15 is 0 Å². The molecule has 1 aromatic carbocycles. The van der Waals surface area contributed by atoms with Crippen molar-refractivity contribution in [1.82, 2.24) is 20.0 Å². The maximum Gasteiger partial charge on any atom is 0.273 e. The number of rotatable bonds is 4. The summed E-state index contributed by atoms with van der Waals surface area (Å²) in [6, 6.07) is 13.6. The van der Waals surface area contributed by atoms with Gasteiger partial charge in [0.05, 0.1) is 11.4 Å². The van der Waals surface area contributed by atoms with Crippen LogP contribution in [0.3, 0.4) is 0 Å². The first-order valence-electron chi connectivity index (χ1n) is 10.1. The number of carbonyl (C=O) groups is 2. The topological polar surface area (TPSA) is 67.2 Å². The van der Waals surface area contributed by atoms with Gasteiger partial charge in [-0.15, -0.1) is 11.3 Å². The zero-order chi connectivity index (χ0) is 22.4. The van der Waals surface area contributed by atoms with E-state index in [0.717, 1.165) is 20.6 Å². The van der Waals surface area contributed by atoms with Crippen LogP contribution in [0.15, 0.2) is 52.3 Å². The normalized spacial score (nSPS) is 18.7. The SMILES string of the molecule is CC(C)(C)NC(=O)[C@@]1(C)Cn2nc(-c3cccs3)cc2C(=O)N1Cc1cccc(Br)c1. The minimum atomic E-state index is -1.08. The van der Waals surface area contributed by atoms with Crippen molar-refractivity contribution in [2.45, 2.75) is 51.9 Å². The van der Waals surface area contributed by atoms with Gasteiger partial charge >= 0.3 is 0 Å². The first-order valence-corrected chi connectivity index (χ1v) is 11.7. The average Bonchev–Trinajstić information content (AvgIpc) is 3.33. The van der Waals surface area contributed by atoms with Gasteiger partial charge in [-0.3, -0.25) is 14.3 Å². The molecule has 0 fully saturated rings. The molecule has 0 bridgehead atoms. The fourth-order valence-corrected chi connectivity index (χ4v) is 4.86. The average molecular weight is 501 g/mol. The van der Waals surface area contributed by atoms with E-state index in [9.17, 15) is 9.59 Å². The van der Waals surface area contributed by atoms with Crippen molar-refractivity contribution < 1.29 is 9.59 Å². The van der Waals surface area contributed by atoms with Gasteiger partial charge in [0.2, 0.25) is 5.91 Å². The Kier molecular flexibility index (Phi) is 5.55. The van der Waals surface area contributed by atoms with Gasteiger partial charge in [0.25, 0.3) is 5.91 Å². The molecule has 0 saturated carbocycles. The molecule has 0 unspecified atom stereocenters. The smallest absolute Gasteiger partial charge is 0.273 e. The highest BCUT2D eigenvalue weighted by Crippen LogP contribution is 2.33. The van der Waals surface area contributed by atoms with Crippen LogP contribution in [0.25, 0.3) is 10.6 Å². The summed E-state index contributed by atoms with van der Waals surface area (Å²) in [6.45, 7) is 8.24. The molecule has 0 aliphatic carbocycles. The molecule has 3 aromatic rings. The van der Waals surface area contributed by atoms with Crippen LogP contribution in [-0.4, -0.2) is 37.6 Å². The molecule has 1 N–H and O–H groups in total. The van der Waals surface area contributed by atoms with E-state index in [4.69, 9.17) is 0 Å². The van der Waals surface area contributed by atoms with Gasteiger partial charge in [-0.05, 0) is 62.9 Å². The van der Waals surface area contributed by atoms with Crippen LogP contribution < -0.4 is 5.32 Å². The number of thiophene rings is 1. The number of aromatic nitrogens is 2. The molecule has 8 heteroatoms. The minimum absolute atomic E-state index is 0.192. The standard InChI is InChI=1S/C23H25BrN4O2S/c1-22(2,3)25-21(30)23(4)14-28-18(12-17(26-28)19-9-6-10-31-19)20(29)27(23)13-15-7-5-8-16(24)11-15/h5-12H,13-14H2,1-4H3,(H,25,30)/t23-/m1/s1. The summed E-state index contributed by atoms with van der Waals surface area (Å²) in [5, 5.41) is 9.71. The van der Waals surface area contributed by atoms with Crippen LogP contribution in [0.2, 0.25) is 0 Å². The molecular weight excluding hydrogens is 476 g/mol. The Morgan fingerprint density at radius 3 is 2.68 bits per heavy atom. The number of halogens is 1. The van der Waals surface area contributed by atoms with Crippen molar-refractivity contribution in [1.29, 1.82) is 0 Å². The van der Waals surface area contributed by atoms with Crippen molar-refractivity contribution in [3.05, 3.63) is 63.6 Å². The summed E-state index contributed by atoms with van der Waals surface area (Å²) in [6.07, 6.45) is 0. The van der Waals surface area contributed by atoms with Gasteiger partial charge in [-0.1, -0.05) is 34.1 Å². The molecule has 2 aromatic heterocycles. The molecule has 31 heavy (non-hydrogen) atoms. The van der Waals surface area contributed by atoms with Crippen LogP contribution >= 0.6 is 27.3 Å². The summed E-state index contributed by atoms with van der Waals surface area (Å²) in [5.74, 6) is -0.393. The third kappa shape index (κ3) is 4.32. The van der Waals surface area contributed by atoms with Gasteiger partial charge in [0.1, 0.15) is 16.9 Å². The first kappa shape index (κ1) is 21.8. The second-order valence-electron chi connectivity index (χ2n) is 9.05. The highest BCUT2D eigenvalue weighted by molar-refractivity contribution is 9.10. The molecule has 1 aliphatic heterocycles. The lowest BCUT2D eigenvalue weighted by atomic mass is 9.92. The Hall–Kier alpha value is -2.45. The molecule has 0 radical (unpaired) electrons. The van der Waals surface area contributed by atoms with Crippen molar-refractivity contribution in [3.63, 3.8) is 0 Å². The number of fused-ring (bicyclic) bond motifs is 1. The van der Waals surface area contributed by atoms with E-state index in [1.807, 2.05) is 75.5 Å². The van der Waals surface area contributed by atoms with Crippen LogP contribution in [0.1, 0.15) is 43.7 Å². The van der Waals surface area contributed by atoms with E-state index < -0.39 is 11.1 Å². The fourth-order valence-electron chi connectivity index (χ4n) is 3.73. The first-order chi connectivity index (χ1) is 14.6. The highest BCUT2D eigenvalue weighted by atomic mass is 79.9. The summed E-state index contributed by atoms with van der Waals surface area (Å²) in [5.41, 5.74) is 0.694. The molecule has 1 aliphatic rings. The Balaban J connectivity index is 1.77.